The Morgan fingerprint density at radius 2 is 1.86 bits per heavy atom. The maximum Gasteiger partial charge on any atom is 0.204 e. The van der Waals surface area contributed by atoms with E-state index in [1.54, 1.807) is 0 Å². The molecule has 0 unspecified atom stereocenters. The summed E-state index contributed by atoms with van der Waals surface area (Å²) in [6.45, 7) is 7.60. The molecule has 6 heteroatoms. The number of aromatic nitrogens is 4. The zero-order chi connectivity index (χ0) is 19.5. The summed E-state index contributed by atoms with van der Waals surface area (Å²) >= 11 is 0. The average molecular weight is 375 g/mol. The number of rotatable bonds is 7. The van der Waals surface area contributed by atoms with Crippen LogP contribution in [0.2, 0.25) is 0 Å². The summed E-state index contributed by atoms with van der Waals surface area (Å²) in [5, 5.41) is 12.0. The Morgan fingerprint density at radius 1 is 1.04 bits per heavy atom. The molecular weight excluding hydrogens is 350 g/mol. The Labute approximate surface area is 164 Å². The molecule has 2 aromatic carbocycles. The predicted octanol–water partition coefficient (Wildman–Crippen LogP) is 4.69. The van der Waals surface area contributed by atoms with Gasteiger partial charge >= 0.3 is 0 Å². The molecule has 0 aliphatic heterocycles. The van der Waals surface area contributed by atoms with Gasteiger partial charge in [0, 0.05) is 12.6 Å². The molecule has 0 saturated heterocycles. The number of aryl methyl sites for hydroxylation is 2. The number of nitrogens with zero attached hydrogens (tertiary/aromatic N) is 4. The molecule has 0 radical (unpaired) electrons. The van der Waals surface area contributed by atoms with Crippen LogP contribution in [0.1, 0.15) is 36.7 Å². The van der Waals surface area contributed by atoms with Crippen molar-refractivity contribution in [3.63, 3.8) is 0 Å². The van der Waals surface area contributed by atoms with E-state index in [-0.39, 0.29) is 0 Å². The van der Waals surface area contributed by atoms with E-state index < -0.39 is 0 Å². The number of anilines is 1. The second-order valence-electron chi connectivity index (χ2n) is 7.07. The standard InChI is InChI=1S/C22H25N5O/c1-4-5-12-23-21-22-26-25-16(3)27(22)20-11-10-18(13-19(20)24-21)28-14-17-8-6-15(2)7-9-17/h6-11,13H,4-5,12,14H2,1-3H3,(H,23,24). The highest BCUT2D eigenvalue weighted by molar-refractivity contribution is 5.84. The van der Waals surface area contributed by atoms with Crippen LogP contribution < -0.4 is 10.1 Å². The molecule has 4 aromatic rings. The summed E-state index contributed by atoms with van der Waals surface area (Å²) in [5.41, 5.74) is 4.98. The van der Waals surface area contributed by atoms with Crippen LogP contribution in [0.25, 0.3) is 16.7 Å². The van der Waals surface area contributed by atoms with Crippen LogP contribution in [0.4, 0.5) is 5.82 Å². The molecule has 2 aromatic heterocycles. The SMILES string of the molecule is CCCCNc1nc2cc(OCc3ccc(C)cc3)ccc2n2c(C)nnc12. The first kappa shape index (κ1) is 18.2. The van der Waals surface area contributed by atoms with Crippen molar-refractivity contribution in [1.82, 2.24) is 19.6 Å². The van der Waals surface area contributed by atoms with Crippen molar-refractivity contribution in [2.75, 3.05) is 11.9 Å². The quantitative estimate of drug-likeness (QED) is 0.475. The second kappa shape index (κ2) is 7.84. The third-order valence-corrected chi connectivity index (χ3v) is 4.81. The summed E-state index contributed by atoms with van der Waals surface area (Å²) in [6, 6.07) is 14.4. The van der Waals surface area contributed by atoms with E-state index in [1.807, 2.05) is 29.5 Å². The predicted molar refractivity (Wildman–Crippen MR) is 112 cm³/mol. The lowest BCUT2D eigenvalue weighted by molar-refractivity contribution is 0.306. The van der Waals surface area contributed by atoms with E-state index in [0.717, 1.165) is 59.0 Å². The Balaban J connectivity index is 1.66. The Bertz CT molecular complexity index is 1100. The van der Waals surface area contributed by atoms with Crippen molar-refractivity contribution in [1.29, 1.82) is 0 Å². The maximum absolute atomic E-state index is 6.00. The molecule has 0 saturated carbocycles. The van der Waals surface area contributed by atoms with Gasteiger partial charge < -0.3 is 10.1 Å². The van der Waals surface area contributed by atoms with Crippen LogP contribution in [0.5, 0.6) is 5.75 Å². The average Bonchev–Trinajstić information content (AvgIpc) is 3.10. The van der Waals surface area contributed by atoms with Crippen molar-refractivity contribution < 1.29 is 4.74 Å². The number of nitrogens with one attached hydrogen (secondary N) is 1. The lowest BCUT2D eigenvalue weighted by atomic mass is 10.2. The first-order chi connectivity index (χ1) is 13.7. The highest BCUT2D eigenvalue weighted by Crippen LogP contribution is 2.25. The van der Waals surface area contributed by atoms with E-state index in [9.17, 15) is 0 Å². The molecule has 0 aliphatic carbocycles. The molecular formula is C22H25N5O. The first-order valence-electron chi connectivity index (χ1n) is 9.73. The smallest absolute Gasteiger partial charge is 0.204 e. The molecule has 2 heterocycles. The van der Waals surface area contributed by atoms with Crippen molar-refractivity contribution in [3.05, 3.63) is 59.4 Å². The van der Waals surface area contributed by atoms with Crippen LogP contribution in [-0.4, -0.2) is 26.1 Å². The number of hydrogen-bond acceptors (Lipinski definition) is 5. The fourth-order valence-corrected chi connectivity index (χ4v) is 3.20. The summed E-state index contributed by atoms with van der Waals surface area (Å²) in [7, 11) is 0. The summed E-state index contributed by atoms with van der Waals surface area (Å²) in [5.74, 6) is 2.40. The molecule has 0 amide bonds. The van der Waals surface area contributed by atoms with Crippen molar-refractivity contribution >= 4 is 22.5 Å². The third kappa shape index (κ3) is 3.63. The molecule has 1 N–H and O–H groups in total. The van der Waals surface area contributed by atoms with Crippen molar-refractivity contribution in [2.45, 2.75) is 40.2 Å². The number of unbranched alkanes of at least 4 members (excludes halogenated alkanes) is 1. The summed E-state index contributed by atoms with van der Waals surface area (Å²) < 4.78 is 8.04. The number of benzene rings is 2. The summed E-state index contributed by atoms with van der Waals surface area (Å²) in [4.78, 5) is 4.80. The van der Waals surface area contributed by atoms with Crippen LogP contribution in [0, 0.1) is 13.8 Å². The zero-order valence-corrected chi connectivity index (χ0v) is 16.6. The highest BCUT2D eigenvalue weighted by atomic mass is 16.5. The van der Waals surface area contributed by atoms with Crippen LogP contribution in [0.3, 0.4) is 0 Å². The summed E-state index contributed by atoms with van der Waals surface area (Å²) in [6.07, 6.45) is 2.21. The van der Waals surface area contributed by atoms with Crippen LogP contribution in [-0.2, 0) is 6.61 Å². The molecule has 0 atom stereocenters. The number of hydrogen-bond donors (Lipinski definition) is 1. The zero-order valence-electron chi connectivity index (χ0n) is 16.6. The van der Waals surface area contributed by atoms with E-state index >= 15 is 0 Å². The second-order valence-corrected chi connectivity index (χ2v) is 7.07. The Kier molecular flexibility index (Phi) is 5.10. The molecule has 144 valence electrons. The molecule has 4 rings (SSSR count). The minimum Gasteiger partial charge on any atom is -0.489 e. The molecule has 6 nitrogen and oxygen atoms in total. The van der Waals surface area contributed by atoms with Gasteiger partial charge in [-0.3, -0.25) is 4.40 Å². The number of ether oxygens (including phenoxy) is 1. The molecule has 0 spiro atoms. The normalized spacial score (nSPS) is 11.2. The fraction of sp³-hybridized carbons (Fsp3) is 0.318. The Hall–Kier alpha value is -3.15. The van der Waals surface area contributed by atoms with Gasteiger partial charge in [-0.05, 0) is 38.0 Å². The van der Waals surface area contributed by atoms with Gasteiger partial charge in [-0.15, -0.1) is 10.2 Å². The minimum absolute atomic E-state index is 0.529. The van der Waals surface area contributed by atoms with Gasteiger partial charge in [0.1, 0.15) is 18.2 Å². The largest absolute Gasteiger partial charge is 0.489 e. The topological polar surface area (TPSA) is 64.3 Å². The molecule has 0 fully saturated rings. The number of fused-ring (bicyclic) bond motifs is 3. The van der Waals surface area contributed by atoms with E-state index in [4.69, 9.17) is 9.72 Å². The molecule has 28 heavy (non-hydrogen) atoms. The molecule has 0 aliphatic rings. The van der Waals surface area contributed by atoms with Gasteiger partial charge in [0.15, 0.2) is 5.82 Å². The van der Waals surface area contributed by atoms with Gasteiger partial charge in [0.05, 0.1) is 11.0 Å². The van der Waals surface area contributed by atoms with Crippen LogP contribution in [0.15, 0.2) is 42.5 Å². The van der Waals surface area contributed by atoms with Gasteiger partial charge in [-0.25, -0.2) is 4.98 Å². The van der Waals surface area contributed by atoms with E-state index in [1.165, 1.54) is 5.56 Å². The van der Waals surface area contributed by atoms with E-state index in [2.05, 4.69) is 53.6 Å². The van der Waals surface area contributed by atoms with Crippen molar-refractivity contribution in [3.8, 4) is 5.75 Å². The Morgan fingerprint density at radius 3 is 2.64 bits per heavy atom. The van der Waals surface area contributed by atoms with Gasteiger partial charge in [-0.1, -0.05) is 43.2 Å². The van der Waals surface area contributed by atoms with Crippen LogP contribution >= 0.6 is 0 Å². The fourth-order valence-electron chi connectivity index (χ4n) is 3.20. The molecule has 0 bridgehead atoms. The van der Waals surface area contributed by atoms with Gasteiger partial charge in [0.25, 0.3) is 0 Å². The minimum atomic E-state index is 0.529. The first-order valence-corrected chi connectivity index (χ1v) is 9.73. The van der Waals surface area contributed by atoms with E-state index in [0.29, 0.717) is 6.61 Å². The monoisotopic (exact) mass is 375 g/mol. The maximum atomic E-state index is 6.00. The lowest BCUT2D eigenvalue weighted by Crippen LogP contribution is -2.06. The van der Waals surface area contributed by atoms with Crippen molar-refractivity contribution in [2.24, 2.45) is 0 Å². The van der Waals surface area contributed by atoms with Gasteiger partial charge in [0.2, 0.25) is 5.65 Å². The lowest BCUT2D eigenvalue weighted by Gasteiger charge is -2.11. The third-order valence-electron chi connectivity index (χ3n) is 4.81. The van der Waals surface area contributed by atoms with Gasteiger partial charge in [-0.2, -0.15) is 0 Å². The highest BCUT2D eigenvalue weighted by Gasteiger charge is 2.13.